The van der Waals surface area contributed by atoms with Gasteiger partial charge >= 0.3 is 0 Å². The van der Waals surface area contributed by atoms with Crippen molar-refractivity contribution in [1.29, 1.82) is 0 Å². The van der Waals surface area contributed by atoms with Gasteiger partial charge in [-0.05, 0) is 18.3 Å². The molecule has 0 unspecified atom stereocenters. The maximum atomic E-state index is 13.6. The Morgan fingerprint density at radius 1 is 1.37 bits per heavy atom. The number of hydrogen-bond donors (Lipinski definition) is 1. The summed E-state index contributed by atoms with van der Waals surface area (Å²) in [4.78, 5) is 6.79. The minimum Gasteiger partial charge on any atom is -0.328 e. The second-order valence-corrected chi connectivity index (χ2v) is 4.52. The molecule has 0 atom stereocenters. The number of benzene rings is 1. The number of nitrogens with zero attached hydrogens (tertiary/aromatic N) is 4. The van der Waals surface area contributed by atoms with Gasteiger partial charge in [-0.2, -0.15) is 5.10 Å². The molecule has 0 spiro atoms. The Kier molecular flexibility index (Phi) is 2.67. The number of rotatable bonds is 2. The van der Waals surface area contributed by atoms with Crippen molar-refractivity contribution >= 4 is 23.3 Å². The molecular weight excluding hydrogens is 272 g/mol. The minimum atomic E-state index is -0.672. The Hall–Kier alpha value is -2.09. The van der Waals surface area contributed by atoms with Crippen molar-refractivity contribution in [3.8, 4) is 0 Å². The van der Waals surface area contributed by atoms with E-state index in [-0.39, 0.29) is 12.1 Å². The van der Waals surface area contributed by atoms with Gasteiger partial charge in [0, 0.05) is 13.1 Å². The second-order valence-electron chi connectivity index (χ2n) is 4.13. The molecule has 1 N–H and O–H groups in total. The number of fused-ring (bicyclic) bond motifs is 1. The molecule has 3 rings (SSSR count). The van der Waals surface area contributed by atoms with Crippen LogP contribution in [0.5, 0.6) is 0 Å². The van der Waals surface area contributed by atoms with Crippen molar-refractivity contribution < 1.29 is 8.78 Å². The molecule has 2 aromatic heterocycles. The molecule has 0 bridgehead atoms. The first-order valence-electron chi connectivity index (χ1n) is 5.46. The quantitative estimate of drug-likeness (QED) is 0.732. The lowest BCUT2D eigenvalue weighted by molar-refractivity contribution is 0.590. The fourth-order valence-electron chi connectivity index (χ4n) is 1.94. The summed E-state index contributed by atoms with van der Waals surface area (Å²) in [7, 11) is 1.74. The van der Waals surface area contributed by atoms with Crippen LogP contribution in [-0.2, 0) is 13.6 Å². The minimum absolute atomic E-state index is 0.183. The molecule has 0 fully saturated rings. The normalized spacial score (nSPS) is 11.3. The van der Waals surface area contributed by atoms with Gasteiger partial charge in [0.15, 0.2) is 16.4 Å². The number of halogens is 2. The van der Waals surface area contributed by atoms with Crippen LogP contribution in [-0.4, -0.2) is 24.3 Å². The lowest BCUT2D eigenvalue weighted by atomic mass is 10.3. The summed E-state index contributed by atoms with van der Waals surface area (Å²) in [5.74, 6) is -0.806. The summed E-state index contributed by atoms with van der Waals surface area (Å²) >= 11 is 5.12. The van der Waals surface area contributed by atoms with Crippen molar-refractivity contribution in [2.75, 3.05) is 0 Å². The number of aryl methyl sites for hydroxylation is 1. The van der Waals surface area contributed by atoms with Gasteiger partial charge in [-0.1, -0.05) is 0 Å². The first kappa shape index (κ1) is 12.0. The third-order valence-electron chi connectivity index (χ3n) is 2.75. The number of imidazole rings is 1. The number of hydrogen-bond acceptors (Lipinski definition) is 3. The topological polar surface area (TPSA) is 51.4 Å². The Labute approximate surface area is 111 Å². The smallest absolute Gasteiger partial charge is 0.178 e. The zero-order valence-electron chi connectivity index (χ0n) is 9.89. The van der Waals surface area contributed by atoms with Crippen molar-refractivity contribution in [3.05, 3.63) is 40.7 Å². The molecule has 0 saturated carbocycles. The molecule has 0 amide bonds. The standard InChI is InChI=1S/C11H9F2N5S/c1-17-5-14-9(16-17)4-18-8-3-6(12)2-7(13)10(8)15-11(18)19/h2-3,5H,4H2,1H3,(H,15,19). The van der Waals surface area contributed by atoms with Crippen LogP contribution in [0.15, 0.2) is 18.5 Å². The van der Waals surface area contributed by atoms with Crippen molar-refractivity contribution in [2.24, 2.45) is 7.05 Å². The predicted octanol–water partition coefficient (Wildman–Crippen LogP) is 2.15. The van der Waals surface area contributed by atoms with Crippen LogP contribution < -0.4 is 0 Å². The van der Waals surface area contributed by atoms with Crippen LogP contribution in [0.2, 0.25) is 0 Å². The van der Waals surface area contributed by atoms with E-state index in [1.54, 1.807) is 22.6 Å². The summed E-state index contributed by atoms with van der Waals surface area (Å²) in [6.45, 7) is 0.253. The van der Waals surface area contributed by atoms with E-state index in [0.29, 0.717) is 16.1 Å². The molecule has 0 radical (unpaired) electrons. The molecule has 3 aromatic rings. The first-order valence-corrected chi connectivity index (χ1v) is 5.87. The van der Waals surface area contributed by atoms with E-state index < -0.39 is 11.6 Å². The van der Waals surface area contributed by atoms with E-state index in [1.165, 1.54) is 6.07 Å². The lowest BCUT2D eigenvalue weighted by Gasteiger charge is -2.01. The van der Waals surface area contributed by atoms with E-state index in [4.69, 9.17) is 12.2 Å². The lowest BCUT2D eigenvalue weighted by Crippen LogP contribution is -2.02. The average molecular weight is 281 g/mol. The van der Waals surface area contributed by atoms with Crippen LogP contribution in [0.25, 0.3) is 11.0 Å². The van der Waals surface area contributed by atoms with Gasteiger partial charge in [-0.3, -0.25) is 4.68 Å². The van der Waals surface area contributed by atoms with E-state index in [9.17, 15) is 8.78 Å². The monoisotopic (exact) mass is 281 g/mol. The molecule has 0 saturated heterocycles. The summed E-state index contributed by atoms with van der Waals surface area (Å²) in [6.07, 6.45) is 1.55. The third kappa shape index (κ3) is 2.03. The van der Waals surface area contributed by atoms with Crippen LogP contribution >= 0.6 is 12.2 Å². The number of H-pyrrole nitrogens is 1. The van der Waals surface area contributed by atoms with Crippen molar-refractivity contribution in [1.82, 2.24) is 24.3 Å². The van der Waals surface area contributed by atoms with Gasteiger partial charge in [0.05, 0.1) is 12.1 Å². The molecule has 5 nitrogen and oxygen atoms in total. The Balaban J connectivity index is 2.18. The Morgan fingerprint density at radius 2 is 2.16 bits per heavy atom. The second kappa shape index (κ2) is 4.23. The molecule has 0 aliphatic carbocycles. The van der Waals surface area contributed by atoms with Crippen molar-refractivity contribution in [3.63, 3.8) is 0 Å². The molecule has 8 heteroatoms. The largest absolute Gasteiger partial charge is 0.328 e. The molecule has 98 valence electrons. The average Bonchev–Trinajstić information content (AvgIpc) is 2.87. The molecule has 0 aliphatic rings. The highest BCUT2D eigenvalue weighted by Gasteiger charge is 2.12. The van der Waals surface area contributed by atoms with Crippen LogP contribution in [0.1, 0.15) is 5.82 Å². The zero-order valence-corrected chi connectivity index (χ0v) is 10.7. The highest BCUT2D eigenvalue weighted by Crippen LogP contribution is 2.19. The zero-order chi connectivity index (χ0) is 13.6. The van der Waals surface area contributed by atoms with Gasteiger partial charge in [0.2, 0.25) is 0 Å². The summed E-state index contributed by atoms with van der Waals surface area (Å²) in [5.41, 5.74) is 0.539. The van der Waals surface area contributed by atoms with Crippen LogP contribution in [0.4, 0.5) is 8.78 Å². The molecule has 0 aliphatic heterocycles. The highest BCUT2D eigenvalue weighted by atomic mass is 32.1. The molecule has 1 aromatic carbocycles. The third-order valence-corrected chi connectivity index (χ3v) is 3.07. The fourth-order valence-corrected chi connectivity index (χ4v) is 2.20. The van der Waals surface area contributed by atoms with E-state index in [0.717, 1.165) is 6.07 Å². The van der Waals surface area contributed by atoms with Gasteiger partial charge in [-0.25, -0.2) is 13.8 Å². The predicted molar refractivity (Wildman–Crippen MR) is 67.1 cm³/mol. The Morgan fingerprint density at radius 3 is 2.84 bits per heavy atom. The Bertz CT molecular complexity index is 816. The summed E-state index contributed by atoms with van der Waals surface area (Å²) in [5, 5.41) is 4.12. The molecule has 2 heterocycles. The summed E-state index contributed by atoms with van der Waals surface area (Å²) in [6, 6.07) is 2.05. The number of nitrogens with one attached hydrogen (secondary N) is 1. The first-order chi connectivity index (χ1) is 9.04. The van der Waals surface area contributed by atoms with Crippen LogP contribution in [0, 0.1) is 16.4 Å². The summed E-state index contributed by atoms with van der Waals surface area (Å²) < 4.78 is 30.3. The van der Waals surface area contributed by atoms with E-state index >= 15 is 0 Å². The molecular formula is C11H9F2N5S. The number of aromatic nitrogens is 5. The van der Waals surface area contributed by atoms with Crippen molar-refractivity contribution in [2.45, 2.75) is 6.54 Å². The van der Waals surface area contributed by atoms with Crippen LogP contribution in [0.3, 0.4) is 0 Å². The van der Waals surface area contributed by atoms with Gasteiger partial charge in [0.25, 0.3) is 0 Å². The molecule has 19 heavy (non-hydrogen) atoms. The van der Waals surface area contributed by atoms with E-state index in [2.05, 4.69) is 15.1 Å². The van der Waals surface area contributed by atoms with Gasteiger partial charge in [-0.15, -0.1) is 0 Å². The van der Waals surface area contributed by atoms with E-state index in [1.807, 2.05) is 0 Å². The van der Waals surface area contributed by atoms with Gasteiger partial charge < -0.3 is 9.55 Å². The fraction of sp³-hybridized carbons (Fsp3) is 0.182. The van der Waals surface area contributed by atoms with Gasteiger partial charge in [0.1, 0.15) is 17.7 Å². The SMILES string of the molecule is Cn1cnc(Cn2c(=S)[nH]c3c(F)cc(F)cc32)n1. The maximum absolute atomic E-state index is 13.6. The number of aromatic amines is 1. The maximum Gasteiger partial charge on any atom is 0.178 e. The highest BCUT2D eigenvalue weighted by molar-refractivity contribution is 7.71.